The second-order valence-corrected chi connectivity index (χ2v) is 7.32. The Hall–Kier alpha value is -1.79. The third-order valence-corrected chi connectivity index (χ3v) is 5.41. The van der Waals surface area contributed by atoms with Crippen LogP contribution >= 0.6 is 11.6 Å². The zero-order valence-electron chi connectivity index (χ0n) is 14.4. The number of rotatable bonds is 4. The van der Waals surface area contributed by atoms with Crippen LogP contribution in [-0.4, -0.2) is 60.6 Å². The first kappa shape index (κ1) is 18.0. The Morgan fingerprint density at radius 1 is 1.24 bits per heavy atom. The van der Waals surface area contributed by atoms with E-state index in [9.17, 15) is 14.7 Å². The number of carboxylic acids is 1. The third kappa shape index (κ3) is 4.07. The summed E-state index contributed by atoms with van der Waals surface area (Å²) in [4.78, 5) is 27.9. The summed E-state index contributed by atoms with van der Waals surface area (Å²) in [6.07, 6.45) is 3.97. The number of carbonyl (C=O) groups excluding carboxylic acids is 1. The highest BCUT2D eigenvalue weighted by Gasteiger charge is 2.35. The first-order valence-electron chi connectivity index (χ1n) is 8.74. The van der Waals surface area contributed by atoms with Crippen molar-refractivity contribution in [1.29, 1.82) is 0 Å². The molecule has 1 aromatic carbocycles. The maximum absolute atomic E-state index is 12.7. The second kappa shape index (κ2) is 7.62. The Balaban J connectivity index is 1.70. The highest BCUT2D eigenvalue weighted by Crippen LogP contribution is 2.26. The van der Waals surface area contributed by atoms with E-state index in [0.29, 0.717) is 23.6 Å². The van der Waals surface area contributed by atoms with Crippen LogP contribution in [0.3, 0.4) is 0 Å². The summed E-state index contributed by atoms with van der Waals surface area (Å²) in [7, 11) is 1.76. The van der Waals surface area contributed by atoms with E-state index >= 15 is 0 Å². The van der Waals surface area contributed by atoms with E-state index in [-0.39, 0.29) is 11.9 Å². The summed E-state index contributed by atoms with van der Waals surface area (Å²) in [6.45, 7) is 2.51. The summed E-state index contributed by atoms with van der Waals surface area (Å²) >= 11 is 6.24. The van der Waals surface area contributed by atoms with Gasteiger partial charge in [0.2, 0.25) is 0 Å². The van der Waals surface area contributed by atoms with Crippen LogP contribution in [0.25, 0.3) is 0 Å². The smallest absolute Gasteiger partial charge is 0.320 e. The number of hydrogen-bond acceptors (Lipinski definition) is 4. The Labute approximate surface area is 152 Å². The van der Waals surface area contributed by atoms with E-state index in [4.69, 9.17) is 11.6 Å². The van der Waals surface area contributed by atoms with Gasteiger partial charge in [-0.3, -0.25) is 14.5 Å². The monoisotopic (exact) mass is 365 g/mol. The van der Waals surface area contributed by atoms with Crippen LogP contribution < -0.4 is 10.2 Å². The number of aliphatic carboxylic acids is 1. The summed E-state index contributed by atoms with van der Waals surface area (Å²) in [6, 6.07) is 4.82. The van der Waals surface area contributed by atoms with Gasteiger partial charge in [0, 0.05) is 31.4 Å². The van der Waals surface area contributed by atoms with Crippen molar-refractivity contribution in [3.63, 3.8) is 0 Å². The van der Waals surface area contributed by atoms with Gasteiger partial charge in [-0.25, -0.2) is 0 Å². The minimum atomic E-state index is -0.857. The van der Waals surface area contributed by atoms with Crippen LogP contribution in [0.5, 0.6) is 0 Å². The van der Waals surface area contributed by atoms with Crippen LogP contribution in [-0.2, 0) is 4.79 Å². The number of anilines is 1. The van der Waals surface area contributed by atoms with Crippen molar-refractivity contribution in [1.82, 2.24) is 10.2 Å². The van der Waals surface area contributed by atoms with Gasteiger partial charge in [-0.1, -0.05) is 11.6 Å². The van der Waals surface area contributed by atoms with Gasteiger partial charge in [0.15, 0.2) is 0 Å². The molecule has 0 saturated carbocycles. The van der Waals surface area contributed by atoms with Crippen LogP contribution in [0.2, 0.25) is 5.02 Å². The lowest BCUT2D eigenvalue weighted by molar-refractivity contribution is -0.141. The van der Waals surface area contributed by atoms with Gasteiger partial charge in [-0.2, -0.15) is 0 Å². The average molecular weight is 366 g/mol. The van der Waals surface area contributed by atoms with E-state index in [1.807, 2.05) is 12.1 Å². The molecule has 0 aromatic heterocycles. The number of carboxylic acid groups (broad SMARTS) is 1. The SMILES string of the molecule is CN1C[C@@H](NC(=O)c2cc(N3CCCCC3)ccc2Cl)C[C@H]1C(=O)O. The molecule has 0 spiro atoms. The van der Waals surface area contributed by atoms with Gasteiger partial charge in [-0.15, -0.1) is 0 Å². The minimum Gasteiger partial charge on any atom is -0.480 e. The Morgan fingerprint density at radius 2 is 1.96 bits per heavy atom. The number of benzene rings is 1. The molecule has 2 atom stereocenters. The molecule has 2 fully saturated rings. The molecular weight excluding hydrogens is 342 g/mol. The topological polar surface area (TPSA) is 72.9 Å². The molecule has 2 saturated heterocycles. The maximum atomic E-state index is 12.7. The molecule has 0 unspecified atom stereocenters. The van der Waals surface area contributed by atoms with Crippen LogP contribution in [0.4, 0.5) is 5.69 Å². The lowest BCUT2D eigenvalue weighted by atomic mass is 10.1. The zero-order chi connectivity index (χ0) is 18.0. The highest BCUT2D eigenvalue weighted by atomic mass is 35.5. The highest BCUT2D eigenvalue weighted by molar-refractivity contribution is 6.34. The van der Waals surface area contributed by atoms with E-state index < -0.39 is 12.0 Å². The van der Waals surface area contributed by atoms with E-state index in [1.165, 1.54) is 6.42 Å². The summed E-state index contributed by atoms with van der Waals surface area (Å²) < 4.78 is 0. The van der Waals surface area contributed by atoms with E-state index in [1.54, 1.807) is 18.0 Å². The minimum absolute atomic E-state index is 0.187. The molecule has 136 valence electrons. The Kier molecular flexibility index (Phi) is 5.49. The summed E-state index contributed by atoms with van der Waals surface area (Å²) in [5.74, 6) is -1.10. The zero-order valence-corrected chi connectivity index (χ0v) is 15.1. The second-order valence-electron chi connectivity index (χ2n) is 6.91. The van der Waals surface area contributed by atoms with Gasteiger partial charge in [-0.05, 0) is 50.9 Å². The number of halogens is 1. The van der Waals surface area contributed by atoms with Crippen LogP contribution in [0.1, 0.15) is 36.0 Å². The number of hydrogen-bond donors (Lipinski definition) is 2. The van der Waals surface area contributed by atoms with Gasteiger partial charge >= 0.3 is 5.97 Å². The maximum Gasteiger partial charge on any atom is 0.320 e. The summed E-state index contributed by atoms with van der Waals surface area (Å²) in [5, 5.41) is 12.5. The molecule has 25 heavy (non-hydrogen) atoms. The van der Waals surface area contributed by atoms with Crippen molar-refractivity contribution in [2.45, 2.75) is 37.8 Å². The quantitative estimate of drug-likeness (QED) is 0.856. The number of nitrogens with zero attached hydrogens (tertiary/aromatic N) is 2. The molecular formula is C18H24ClN3O3. The number of likely N-dealkylation sites (tertiary alicyclic amines) is 1. The number of nitrogens with one attached hydrogen (secondary N) is 1. The predicted molar refractivity (Wildman–Crippen MR) is 97.4 cm³/mol. The fourth-order valence-corrected chi connectivity index (χ4v) is 3.90. The molecule has 0 bridgehead atoms. The molecule has 6 nitrogen and oxygen atoms in total. The van der Waals surface area contributed by atoms with Gasteiger partial charge in [0.1, 0.15) is 6.04 Å². The van der Waals surface area contributed by atoms with Crippen molar-refractivity contribution in [3.8, 4) is 0 Å². The van der Waals surface area contributed by atoms with Gasteiger partial charge in [0.05, 0.1) is 10.6 Å². The Bertz CT molecular complexity index is 661. The molecule has 2 heterocycles. The number of likely N-dealkylation sites (N-methyl/N-ethyl adjacent to an activating group) is 1. The fourth-order valence-electron chi connectivity index (χ4n) is 3.69. The molecule has 0 radical (unpaired) electrons. The third-order valence-electron chi connectivity index (χ3n) is 5.08. The number of piperidine rings is 1. The van der Waals surface area contributed by atoms with Crippen molar-refractivity contribution >= 4 is 29.2 Å². The number of amides is 1. The summed E-state index contributed by atoms with van der Waals surface area (Å²) in [5.41, 5.74) is 1.47. The molecule has 2 N–H and O–H groups in total. The Morgan fingerprint density at radius 3 is 2.60 bits per heavy atom. The molecule has 1 aromatic rings. The molecule has 2 aliphatic heterocycles. The molecule has 2 aliphatic rings. The largest absolute Gasteiger partial charge is 0.480 e. The van der Waals surface area contributed by atoms with Crippen LogP contribution in [0.15, 0.2) is 18.2 Å². The molecule has 3 rings (SSSR count). The lowest BCUT2D eigenvalue weighted by Gasteiger charge is -2.29. The standard InChI is InChI=1S/C18H24ClN3O3/c1-21-11-12(9-16(21)18(24)25)20-17(23)14-10-13(5-6-15(14)19)22-7-3-2-4-8-22/h5-6,10,12,16H,2-4,7-9,11H2,1H3,(H,20,23)(H,24,25)/t12-,16-/m0/s1. The van der Waals surface area contributed by atoms with Crippen molar-refractivity contribution < 1.29 is 14.7 Å². The van der Waals surface area contributed by atoms with Crippen molar-refractivity contribution in [2.75, 3.05) is 31.6 Å². The first-order valence-corrected chi connectivity index (χ1v) is 9.12. The first-order chi connectivity index (χ1) is 12.0. The molecule has 7 heteroatoms. The van der Waals surface area contributed by atoms with Crippen molar-refractivity contribution in [3.05, 3.63) is 28.8 Å². The predicted octanol–water partition coefficient (Wildman–Crippen LogP) is 2.22. The van der Waals surface area contributed by atoms with E-state index in [2.05, 4.69) is 10.2 Å². The van der Waals surface area contributed by atoms with E-state index in [0.717, 1.165) is 31.6 Å². The molecule has 1 amide bonds. The van der Waals surface area contributed by atoms with Gasteiger partial charge < -0.3 is 15.3 Å². The van der Waals surface area contributed by atoms with Crippen LogP contribution in [0, 0.1) is 0 Å². The average Bonchev–Trinajstić information content (AvgIpc) is 2.96. The number of carbonyl (C=O) groups is 2. The van der Waals surface area contributed by atoms with Crippen molar-refractivity contribution in [2.24, 2.45) is 0 Å². The molecule has 0 aliphatic carbocycles. The fraction of sp³-hybridized carbons (Fsp3) is 0.556. The van der Waals surface area contributed by atoms with Gasteiger partial charge in [0.25, 0.3) is 5.91 Å². The normalized spacial score (nSPS) is 24.3. The lowest BCUT2D eigenvalue weighted by Crippen LogP contribution is -2.37.